The lowest BCUT2D eigenvalue weighted by atomic mass is 10.1. The van der Waals surface area contributed by atoms with E-state index in [0.717, 1.165) is 0 Å². The van der Waals surface area contributed by atoms with Crippen LogP contribution in [0.25, 0.3) is 0 Å². The lowest BCUT2D eigenvalue weighted by Gasteiger charge is -2.07. The number of rotatable bonds is 3. The summed E-state index contributed by atoms with van der Waals surface area (Å²) in [6.07, 6.45) is -0.947. The van der Waals surface area contributed by atoms with E-state index in [1.807, 2.05) is 6.07 Å². The van der Waals surface area contributed by atoms with Gasteiger partial charge in [-0.15, -0.1) is 0 Å². The first kappa shape index (κ1) is 11.3. The molecule has 1 aromatic carbocycles. The molecular formula is C12H12N2O3. The summed E-state index contributed by atoms with van der Waals surface area (Å²) in [5.74, 6) is -0.697. The van der Waals surface area contributed by atoms with Crippen molar-refractivity contribution in [2.24, 2.45) is 5.73 Å². The quantitative estimate of drug-likeness (QED) is 0.831. The van der Waals surface area contributed by atoms with E-state index >= 15 is 0 Å². The number of aryl methyl sites for hydroxylation is 1. The van der Waals surface area contributed by atoms with Crippen LogP contribution in [0, 0.1) is 6.92 Å². The van der Waals surface area contributed by atoms with E-state index in [1.54, 1.807) is 31.2 Å². The lowest BCUT2D eigenvalue weighted by Crippen LogP contribution is -2.11. The van der Waals surface area contributed by atoms with Crippen molar-refractivity contribution >= 4 is 5.91 Å². The molecule has 1 heterocycles. The van der Waals surface area contributed by atoms with Crippen LogP contribution >= 0.6 is 0 Å². The number of nitrogens with zero attached hydrogens (tertiary/aromatic N) is 1. The summed E-state index contributed by atoms with van der Waals surface area (Å²) in [4.78, 5) is 14.8. The number of hydrogen-bond acceptors (Lipinski definition) is 4. The van der Waals surface area contributed by atoms with Crippen molar-refractivity contribution in [2.45, 2.75) is 13.0 Å². The van der Waals surface area contributed by atoms with Crippen LogP contribution in [0.4, 0.5) is 0 Å². The highest BCUT2D eigenvalue weighted by Gasteiger charge is 2.21. The van der Waals surface area contributed by atoms with E-state index in [0.29, 0.717) is 11.3 Å². The summed E-state index contributed by atoms with van der Waals surface area (Å²) in [7, 11) is 0. The van der Waals surface area contributed by atoms with E-state index in [2.05, 4.69) is 4.98 Å². The Labute approximate surface area is 97.9 Å². The highest BCUT2D eigenvalue weighted by molar-refractivity contribution is 5.88. The fourth-order valence-electron chi connectivity index (χ4n) is 1.55. The molecule has 3 N–H and O–H groups in total. The fourth-order valence-corrected chi connectivity index (χ4v) is 1.55. The summed E-state index contributed by atoms with van der Waals surface area (Å²) in [6.45, 7) is 1.65. The molecule has 17 heavy (non-hydrogen) atoms. The third kappa shape index (κ3) is 2.19. The number of benzene rings is 1. The van der Waals surface area contributed by atoms with Gasteiger partial charge in [0.25, 0.3) is 5.89 Å². The van der Waals surface area contributed by atoms with Gasteiger partial charge in [0.05, 0.1) is 5.69 Å². The van der Waals surface area contributed by atoms with Gasteiger partial charge in [-0.3, -0.25) is 4.79 Å². The molecule has 5 nitrogen and oxygen atoms in total. The average molecular weight is 232 g/mol. The van der Waals surface area contributed by atoms with Crippen LogP contribution in [0.1, 0.15) is 33.8 Å². The number of aromatic nitrogens is 1. The van der Waals surface area contributed by atoms with Gasteiger partial charge in [0.15, 0.2) is 5.76 Å². The number of hydrogen-bond donors (Lipinski definition) is 2. The van der Waals surface area contributed by atoms with Gasteiger partial charge in [0.2, 0.25) is 0 Å². The molecule has 0 fully saturated rings. The van der Waals surface area contributed by atoms with Crippen LogP contribution < -0.4 is 5.73 Å². The maximum atomic E-state index is 10.9. The molecule has 1 unspecified atom stereocenters. The molecule has 1 aromatic heterocycles. The lowest BCUT2D eigenvalue weighted by molar-refractivity contribution is 0.0959. The topological polar surface area (TPSA) is 89.4 Å². The van der Waals surface area contributed by atoms with Gasteiger partial charge < -0.3 is 15.3 Å². The van der Waals surface area contributed by atoms with Crippen molar-refractivity contribution in [1.82, 2.24) is 4.98 Å². The highest BCUT2D eigenvalue weighted by atomic mass is 16.4. The molecule has 1 amide bonds. The van der Waals surface area contributed by atoms with Crippen molar-refractivity contribution in [2.75, 3.05) is 0 Å². The third-order valence-electron chi connectivity index (χ3n) is 2.41. The molecule has 5 heteroatoms. The maximum absolute atomic E-state index is 10.9. The van der Waals surface area contributed by atoms with Crippen LogP contribution in [-0.2, 0) is 0 Å². The molecule has 1 atom stereocenters. The minimum absolute atomic E-state index is 0.188. The first-order valence-electron chi connectivity index (χ1n) is 5.09. The highest BCUT2D eigenvalue weighted by Crippen LogP contribution is 2.25. The normalized spacial score (nSPS) is 12.4. The zero-order valence-corrected chi connectivity index (χ0v) is 9.25. The molecule has 0 aliphatic heterocycles. The van der Waals surface area contributed by atoms with Crippen LogP contribution in [0.2, 0.25) is 0 Å². The van der Waals surface area contributed by atoms with Crippen molar-refractivity contribution in [3.63, 3.8) is 0 Å². The van der Waals surface area contributed by atoms with Crippen molar-refractivity contribution in [1.29, 1.82) is 0 Å². The van der Waals surface area contributed by atoms with Crippen LogP contribution in [-0.4, -0.2) is 16.0 Å². The SMILES string of the molecule is Cc1nc(C(N)=O)oc1C(O)c1ccccc1. The molecule has 0 saturated heterocycles. The monoisotopic (exact) mass is 232 g/mol. The molecule has 0 aliphatic carbocycles. The molecule has 0 aliphatic rings. The number of primary amides is 1. The Hall–Kier alpha value is -2.14. The minimum Gasteiger partial charge on any atom is -0.434 e. The summed E-state index contributed by atoms with van der Waals surface area (Å²) < 4.78 is 5.16. The number of aliphatic hydroxyl groups is 1. The number of carbonyl (C=O) groups is 1. The van der Waals surface area contributed by atoms with E-state index in [1.165, 1.54) is 0 Å². The van der Waals surface area contributed by atoms with Gasteiger partial charge in [-0.05, 0) is 12.5 Å². The minimum atomic E-state index is -0.947. The molecule has 88 valence electrons. The molecule has 2 rings (SSSR count). The van der Waals surface area contributed by atoms with Gasteiger partial charge in [-0.25, -0.2) is 4.98 Å². The van der Waals surface area contributed by atoms with Crippen molar-refractivity contribution < 1.29 is 14.3 Å². The molecular weight excluding hydrogens is 220 g/mol. The van der Waals surface area contributed by atoms with Gasteiger partial charge >= 0.3 is 5.91 Å². The first-order valence-corrected chi connectivity index (χ1v) is 5.09. The smallest absolute Gasteiger partial charge is 0.304 e. The molecule has 2 aromatic rings. The average Bonchev–Trinajstić information content (AvgIpc) is 2.72. The van der Waals surface area contributed by atoms with Crippen molar-refractivity contribution in [3.05, 3.63) is 53.2 Å². The fraction of sp³-hybridized carbons (Fsp3) is 0.167. The van der Waals surface area contributed by atoms with E-state index in [9.17, 15) is 9.90 Å². The van der Waals surface area contributed by atoms with Crippen LogP contribution in [0.5, 0.6) is 0 Å². The zero-order valence-electron chi connectivity index (χ0n) is 9.25. The Kier molecular flexibility index (Phi) is 2.93. The Balaban J connectivity index is 2.37. The molecule has 0 radical (unpaired) electrons. The predicted molar refractivity (Wildman–Crippen MR) is 60.3 cm³/mol. The maximum Gasteiger partial charge on any atom is 0.304 e. The summed E-state index contributed by atoms with van der Waals surface area (Å²) in [6, 6.07) is 8.98. The van der Waals surface area contributed by atoms with E-state index < -0.39 is 12.0 Å². The van der Waals surface area contributed by atoms with E-state index in [-0.39, 0.29) is 11.7 Å². The van der Waals surface area contributed by atoms with Crippen LogP contribution in [0.15, 0.2) is 34.7 Å². The largest absolute Gasteiger partial charge is 0.434 e. The molecule has 0 bridgehead atoms. The Morgan fingerprint density at radius 2 is 2.06 bits per heavy atom. The Bertz CT molecular complexity index is 534. The number of carbonyl (C=O) groups excluding carboxylic acids is 1. The van der Waals surface area contributed by atoms with Crippen molar-refractivity contribution in [3.8, 4) is 0 Å². The second-order valence-corrected chi connectivity index (χ2v) is 3.65. The number of aliphatic hydroxyl groups excluding tert-OH is 1. The van der Waals surface area contributed by atoms with Gasteiger partial charge in [0.1, 0.15) is 6.10 Å². The summed E-state index contributed by atoms with van der Waals surface area (Å²) in [5, 5.41) is 10.1. The number of amides is 1. The van der Waals surface area contributed by atoms with Gasteiger partial charge in [-0.2, -0.15) is 0 Å². The summed E-state index contributed by atoms with van der Waals surface area (Å²) in [5.41, 5.74) is 6.18. The second-order valence-electron chi connectivity index (χ2n) is 3.65. The van der Waals surface area contributed by atoms with E-state index in [4.69, 9.17) is 10.2 Å². The number of nitrogens with two attached hydrogens (primary N) is 1. The molecule has 0 spiro atoms. The van der Waals surface area contributed by atoms with Gasteiger partial charge in [0, 0.05) is 0 Å². The standard InChI is InChI=1S/C12H12N2O3/c1-7-10(17-12(14-7)11(13)16)9(15)8-5-3-2-4-6-8/h2-6,9,15H,1H3,(H2,13,16). The molecule has 0 saturated carbocycles. The second kappa shape index (κ2) is 4.39. The Morgan fingerprint density at radius 1 is 1.41 bits per heavy atom. The van der Waals surface area contributed by atoms with Crippen LogP contribution in [0.3, 0.4) is 0 Å². The summed E-state index contributed by atoms with van der Waals surface area (Å²) >= 11 is 0. The number of oxazole rings is 1. The Morgan fingerprint density at radius 3 is 2.59 bits per heavy atom. The van der Waals surface area contributed by atoms with Gasteiger partial charge in [-0.1, -0.05) is 30.3 Å². The third-order valence-corrected chi connectivity index (χ3v) is 2.41. The first-order chi connectivity index (χ1) is 8.09. The zero-order chi connectivity index (χ0) is 12.4. The predicted octanol–water partition coefficient (Wildman–Crippen LogP) is 1.16.